The van der Waals surface area contributed by atoms with E-state index in [1.165, 1.54) is 24.3 Å². The Morgan fingerprint density at radius 3 is 2.00 bits per heavy atom. The summed E-state index contributed by atoms with van der Waals surface area (Å²) in [5.74, 6) is -0.511. The van der Waals surface area contributed by atoms with Crippen molar-refractivity contribution in [1.82, 2.24) is 5.32 Å². The van der Waals surface area contributed by atoms with E-state index in [1.807, 2.05) is 30.3 Å². The molecular weight excluding hydrogens is 482 g/mol. The monoisotopic (exact) mass is 511 g/mol. The molecule has 0 heterocycles. The highest BCUT2D eigenvalue weighted by Crippen LogP contribution is 2.20. The van der Waals surface area contributed by atoms with Crippen molar-refractivity contribution in [2.45, 2.75) is 50.3 Å². The van der Waals surface area contributed by atoms with E-state index in [9.17, 15) is 18.0 Å². The quantitative estimate of drug-likeness (QED) is 0.330. The first-order valence-electron chi connectivity index (χ1n) is 11.3. The molecule has 0 bridgehead atoms. The van der Waals surface area contributed by atoms with E-state index >= 15 is 0 Å². The molecule has 190 valence electrons. The fourth-order valence-electron chi connectivity index (χ4n) is 3.15. The molecule has 0 fully saturated rings. The van der Waals surface area contributed by atoms with Crippen molar-refractivity contribution in [2.75, 3.05) is 0 Å². The summed E-state index contributed by atoms with van der Waals surface area (Å²) in [6.45, 7) is 5.21. The molecule has 9 heteroatoms. The fraction of sp³-hybridized carbons (Fsp3) is 0.259. The highest BCUT2D eigenvalue weighted by Gasteiger charge is 2.26. The SMILES string of the molecule is CC(C)(C)OC(=O)NC(Cc1ccc(OS(=O)(=O)c2ccccc2)cc1)C(=O)OCc1ccccc1. The number of hydrogen-bond acceptors (Lipinski definition) is 7. The largest absolute Gasteiger partial charge is 0.459 e. The van der Waals surface area contributed by atoms with E-state index in [0.717, 1.165) is 5.56 Å². The third kappa shape index (κ3) is 8.42. The maximum atomic E-state index is 12.8. The van der Waals surface area contributed by atoms with Crippen molar-refractivity contribution in [3.8, 4) is 5.75 Å². The van der Waals surface area contributed by atoms with Gasteiger partial charge in [-0.05, 0) is 56.2 Å². The summed E-state index contributed by atoms with van der Waals surface area (Å²) in [5.41, 5.74) is 0.714. The second kappa shape index (κ2) is 11.7. The molecule has 1 N–H and O–H groups in total. The Morgan fingerprint density at radius 1 is 0.833 bits per heavy atom. The molecule has 0 aliphatic carbocycles. The molecule has 0 saturated carbocycles. The van der Waals surface area contributed by atoms with Crippen molar-refractivity contribution in [2.24, 2.45) is 0 Å². The van der Waals surface area contributed by atoms with Gasteiger partial charge < -0.3 is 19.0 Å². The lowest BCUT2D eigenvalue weighted by Crippen LogP contribution is -2.45. The van der Waals surface area contributed by atoms with Crippen molar-refractivity contribution >= 4 is 22.2 Å². The second-order valence-electron chi connectivity index (χ2n) is 8.99. The normalized spacial score (nSPS) is 12.3. The first-order valence-corrected chi connectivity index (χ1v) is 12.7. The van der Waals surface area contributed by atoms with E-state index < -0.39 is 33.8 Å². The Hall–Kier alpha value is -3.85. The molecule has 3 rings (SSSR count). The summed E-state index contributed by atoms with van der Waals surface area (Å²) in [6.07, 6.45) is -0.656. The maximum absolute atomic E-state index is 12.8. The molecule has 36 heavy (non-hydrogen) atoms. The van der Waals surface area contributed by atoms with Crippen LogP contribution in [0.15, 0.2) is 89.8 Å². The molecule has 1 atom stereocenters. The number of carbonyl (C=O) groups is 2. The predicted octanol–water partition coefficient (Wildman–Crippen LogP) is 4.63. The van der Waals surface area contributed by atoms with Gasteiger partial charge in [-0.15, -0.1) is 0 Å². The first kappa shape index (κ1) is 26.7. The topological polar surface area (TPSA) is 108 Å². The molecule has 0 saturated heterocycles. The fourth-order valence-corrected chi connectivity index (χ4v) is 4.10. The molecule has 0 aromatic heterocycles. The Labute approximate surface area is 211 Å². The Bertz CT molecular complexity index is 1250. The highest BCUT2D eigenvalue weighted by atomic mass is 32.2. The molecular formula is C27H29NO7S. The second-order valence-corrected chi connectivity index (χ2v) is 10.5. The third-order valence-corrected chi connectivity index (χ3v) is 6.06. The van der Waals surface area contributed by atoms with Gasteiger partial charge in [-0.1, -0.05) is 60.7 Å². The number of rotatable bonds is 9. The van der Waals surface area contributed by atoms with Gasteiger partial charge >= 0.3 is 22.2 Å². The van der Waals surface area contributed by atoms with Crippen LogP contribution >= 0.6 is 0 Å². The van der Waals surface area contributed by atoms with Gasteiger partial charge in [0, 0.05) is 6.42 Å². The molecule has 8 nitrogen and oxygen atoms in total. The van der Waals surface area contributed by atoms with Gasteiger partial charge in [0.1, 0.15) is 28.9 Å². The lowest BCUT2D eigenvalue weighted by molar-refractivity contribution is -0.147. The predicted molar refractivity (Wildman–Crippen MR) is 134 cm³/mol. The van der Waals surface area contributed by atoms with Crippen molar-refractivity contribution in [3.05, 3.63) is 96.1 Å². The van der Waals surface area contributed by atoms with E-state index in [0.29, 0.717) is 5.56 Å². The lowest BCUT2D eigenvalue weighted by Gasteiger charge is -2.23. The average molecular weight is 512 g/mol. The number of hydrogen-bond donors (Lipinski definition) is 1. The zero-order valence-electron chi connectivity index (χ0n) is 20.3. The molecule has 1 amide bonds. The smallest absolute Gasteiger partial charge is 0.408 e. The summed E-state index contributed by atoms with van der Waals surface area (Å²) in [5, 5.41) is 2.57. The van der Waals surface area contributed by atoms with Crippen LogP contribution in [0.25, 0.3) is 0 Å². The van der Waals surface area contributed by atoms with Crippen molar-refractivity contribution in [1.29, 1.82) is 0 Å². The van der Waals surface area contributed by atoms with Crippen LogP contribution in [0.3, 0.4) is 0 Å². The van der Waals surface area contributed by atoms with Gasteiger partial charge in [-0.2, -0.15) is 8.42 Å². The number of alkyl carbamates (subject to hydrolysis) is 1. The average Bonchev–Trinajstić information content (AvgIpc) is 2.83. The molecule has 0 aliphatic heterocycles. The van der Waals surface area contributed by atoms with E-state index in [-0.39, 0.29) is 23.7 Å². The van der Waals surface area contributed by atoms with Crippen molar-refractivity contribution in [3.63, 3.8) is 0 Å². The summed E-state index contributed by atoms with van der Waals surface area (Å²) in [6, 6.07) is 22.2. The zero-order chi connectivity index (χ0) is 26.2. The zero-order valence-corrected chi connectivity index (χ0v) is 21.2. The Morgan fingerprint density at radius 2 is 1.42 bits per heavy atom. The summed E-state index contributed by atoms with van der Waals surface area (Å²) in [7, 11) is -3.98. The number of ether oxygens (including phenoxy) is 2. The van der Waals surface area contributed by atoms with E-state index in [1.54, 1.807) is 51.1 Å². The molecule has 0 spiro atoms. The standard InChI is InChI=1S/C27H29NO7S/c1-27(2,3)34-26(30)28-24(25(29)33-19-21-10-6-4-7-11-21)18-20-14-16-22(17-15-20)35-36(31,32)23-12-8-5-9-13-23/h4-17,24H,18-19H2,1-3H3,(H,28,30). The number of esters is 1. The minimum Gasteiger partial charge on any atom is -0.459 e. The summed E-state index contributed by atoms with van der Waals surface area (Å²) < 4.78 is 40.8. The molecule has 3 aromatic carbocycles. The number of carbonyl (C=O) groups excluding carboxylic acids is 2. The van der Waals surface area contributed by atoms with Crippen LogP contribution in [0.5, 0.6) is 5.75 Å². The van der Waals surface area contributed by atoms with Gasteiger partial charge in [0.15, 0.2) is 0 Å². The first-order chi connectivity index (χ1) is 17.0. The minimum absolute atomic E-state index is 0.0388. The molecule has 0 radical (unpaired) electrons. The third-order valence-electron chi connectivity index (χ3n) is 4.80. The number of benzene rings is 3. The lowest BCUT2D eigenvalue weighted by atomic mass is 10.1. The van der Waals surface area contributed by atoms with Gasteiger partial charge in [0.25, 0.3) is 0 Å². The van der Waals surface area contributed by atoms with Crippen LogP contribution in [0, 0.1) is 0 Å². The van der Waals surface area contributed by atoms with Crippen LogP contribution in [0.2, 0.25) is 0 Å². The molecule has 0 aliphatic rings. The van der Waals surface area contributed by atoms with Crippen LogP contribution in [0.4, 0.5) is 4.79 Å². The van der Waals surface area contributed by atoms with Gasteiger partial charge in [0.2, 0.25) is 0 Å². The van der Waals surface area contributed by atoms with Gasteiger partial charge in [-0.3, -0.25) is 0 Å². The van der Waals surface area contributed by atoms with Crippen molar-refractivity contribution < 1.29 is 31.7 Å². The summed E-state index contributed by atoms with van der Waals surface area (Å²) >= 11 is 0. The van der Waals surface area contributed by atoms with Gasteiger partial charge in [0.05, 0.1) is 0 Å². The van der Waals surface area contributed by atoms with Crippen LogP contribution in [0.1, 0.15) is 31.9 Å². The number of amides is 1. The van der Waals surface area contributed by atoms with E-state index in [2.05, 4.69) is 5.32 Å². The maximum Gasteiger partial charge on any atom is 0.408 e. The molecule has 3 aromatic rings. The minimum atomic E-state index is -3.98. The van der Waals surface area contributed by atoms with Crippen LogP contribution in [-0.2, 0) is 37.4 Å². The Kier molecular flexibility index (Phi) is 8.71. The number of nitrogens with one attached hydrogen (secondary N) is 1. The van der Waals surface area contributed by atoms with E-state index in [4.69, 9.17) is 13.7 Å². The van der Waals surface area contributed by atoms with Gasteiger partial charge in [-0.25, -0.2) is 9.59 Å². The Balaban J connectivity index is 1.70. The molecule has 1 unspecified atom stereocenters. The van der Waals surface area contributed by atoms with Crippen LogP contribution in [-0.4, -0.2) is 32.1 Å². The summed E-state index contributed by atoms with van der Waals surface area (Å²) in [4.78, 5) is 25.2. The highest BCUT2D eigenvalue weighted by molar-refractivity contribution is 7.87. The van der Waals surface area contributed by atoms with Crippen LogP contribution < -0.4 is 9.50 Å².